The zero-order chi connectivity index (χ0) is 30.3. The molecule has 6 aromatic carbocycles. The van der Waals surface area contributed by atoms with Crippen molar-refractivity contribution in [2.24, 2.45) is 0 Å². The minimum Gasteiger partial charge on any atom is -0.308 e. The minimum absolute atomic E-state index is 0.271. The van der Waals surface area contributed by atoms with Crippen LogP contribution in [0.15, 0.2) is 146 Å². The van der Waals surface area contributed by atoms with Crippen LogP contribution in [0.5, 0.6) is 0 Å². The van der Waals surface area contributed by atoms with Crippen LogP contribution in [-0.4, -0.2) is 19.5 Å². The maximum Gasteiger partial charge on any atom is 0.166 e. The number of hydrogen-bond donors (Lipinski definition) is 0. The van der Waals surface area contributed by atoms with E-state index in [9.17, 15) is 0 Å². The molecule has 8 rings (SSSR count). The Balaban J connectivity index is 1.47. The molecule has 0 radical (unpaired) electrons. The fraction of sp³-hybridized carbons (Fsp3) is 0.0250. The molecule has 45 heavy (non-hydrogen) atoms. The molecule has 4 nitrogen and oxygen atoms in total. The van der Waals surface area contributed by atoms with Crippen molar-refractivity contribution in [2.45, 2.75) is 6.92 Å². The van der Waals surface area contributed by atoms with Gasteiger partial charge in [-0.3, -0.25) is 0 Å². The largest absolute Gasteiger partial charge is 0.308 e. The Morgan fingerprint density at radius 1 is 0.467 bits per heavy atom. The molecular formula is C40H27FN4. The van der Waals surface area contributed by atoms with Gasteiger partial charge in [-0.05, 0) is 48.4 Å². The van der Waals surface area contributed by atoms with Gasteiger partial charge in [-0.2, -0.15) is 0 Å². The highest BCUT2D eigenvalue weighted by molar-refractivity contribution is 6.10. The highest BCUT2D eigenvalue weighted by Crippen LogP contribution is 2.38. The first-order valence-corrected chi connectivity index (χ1v) is 14.9. The summed E-state index contributed by atoms with van der Waals surface area (Å²) in [7, 11) is 0. The highest BCUT2D eigenvalue weighted by atomic mass is 19.1. The lowest BCUT2D eigenvalue weighted by molar-refractivity contribution is 0.631. The molecule has 0 fully saturated rings. The predicted molar refractivity (Wildman–Crippen MR) is 181 cm³/mol. The van der Waals surface area contributed by atoms with Gasteiger partial charge in [-0.1, -0.05) is 115 Å². The summed E-state index contributed by atoms with van der Waals surface area (Å²) in [4.78, 5) is 15.0. The second-order valence-corrected chi connectivity index (χ2v) is 11.1. The summed E-state index contributed by atoms with van der Waals surface area (Å²) in [5.74, 6) is 1.44. The topological polar surface area (TPSA) is 43.6 Å². The normalized spacial score (nSPS) is 11.3. The molecule has 0 bridgehead atoms. The van der Waals surface area contributed by atoms with Crippen molar-refractivity contribution in [1.29, 1.82) is 0 Å². The molecule has 0 saturated carbocycles. The molecule has 0 saturated heterocycles. The summed E-state index contributed by atoms with van der Waals surface area (Å²) >= 11 is 0. The molecule has 2 heterocycles. The third-order valence-corrected chi connectivity index (χ3v) is 8.19. The van der Waals surface area contributed by atoms with Gasteiger partial charge in [0, 0.05) is 33.0 Å². The maximum absolute atomic E-state index is 15.2. The number of para-hydroxylation sites is 1. The number of nitrogens with zero attached hydrogens (tertiary/aromatic N) is 4. The molecule has 0 amide bonds. The monoisotopic (exact) mass is 582 g/mol. The molecule has 0 aliphatic rings. The third kappa shape index (κ3) is 4.75. The molecule has 8 aromatic rings. The van der Waals surface area contributed by atoms with E-state index >= 15 is 4.39 Å². The number of fused-ring (bicyclic) bond motifs is 3. The van der Waals surface area contributed by atoms with E-state index in [0.717, 1.165) is 55.3 Å². The second-order valence-electron chi connectivity index (χ2n) is 11.1. The smallest absolute Gasteiger partial charge is 0.166 e. The summed E-state index contributed by atoms with van der Waals surface area (Å²) in [5, 5.41) is 2.28. The molecule has 5 heteroatoms. The van der Waals surface area contributed by atoms with Gasteiger partial charge < -0.3 is 4.57 Å². The number of benzene rings is 6. The van der Waals surface area contributed by atoms with Crippen LogP contribution in [0.25, 0.3) is 72.8 Å². The predicted octanol–water partition coefficient (Wildman–Crippen LogP) is 10.1. The van der Waals surface area contributed by atoms with Gasteiger partial charge in [0.05, 0.1) is 16.7 Å². The second kappa shape index (κ2) is 11.0. The van der Waals surface area contributed by atoms with Crippen molar-refractivity contribution in [1.82, 2.24) is 19.5 Å². The minimum atomic E-state index is -0.271. The van der Waals surface area contributed by atoms with E-state index in [4.69, 9.17) is 15.0 Å². The van der Waals surface area contributed by atoms with E-state index in [0.29, 0.717) is 23.0 Å². The molecule has 0 spiro atoms. The molecule has 0 unspecified atom stereocenters. The first-order valence-electron chi connectivity index (χ1n) is 14.9. The van der Waals surface area contributed by atoms with E-state index in [1.165, 1.54) is 6.07 Å². The summed E-state index contributed by atoms with van der Waals surface area (Å²) in [6, 6.07) is 47.7. The van der Waals surface area contributed by atoms with Gasteiger partial charge in [0.2, 0.25) is 0 Å². The van der Waals surface area contributed by atoms with Crippen LogP contribution in [0.2, 0.25) is 0 Å². The average molecular weight is 583 g/mol. The van der Waals surface area contributed by atoms with Gasteiger partial charge in [0.15, 0.2) is 17.5 Å². The fourth-order valence-electron chi connectivity index (χ4n) is 6.04. The summed E-state index contributed by atoms with van der Waals surface area (Å²) in [6.07, 6.45) is 0. The van der Waals surface area contributed by atoms with Crippen LogP contribution in [0, 0.1) is 12.7 Å². The zero-order valence-electron chi connectivity index (χ0n) is 24.5. The number of aryl methyl sites for hydroxylation is 1. The molecule has 0 atom stereocenters. The van der Waals surface area contributed by atoms with Gasteiger partial charge in [0.1, 0.15) is 5.82 Å². The zero-order valence-corrected chi connectivity index (χ0v) is 24.5. The molecule has 2 aromatic heterocycles. The summed E-state index contributed by atoms with van der Waals surface area (Å²) < 4.78 is 17.4. The summed E-state index contributed by atoms with van der Waals surface area (Å²) in [5.41, 5.74) is 8.03. The Morgan fingerprint density at radius 2 is 1.07 bits per heavy atom. The lowest BCUT2D eigenvalue weighted by Crippen LogP contribution is -2.04. The number of halogens is 1. The van der Waals surface area contributed by atoms with Crippen LogP contribution in [0.1, 0.15) is 5.56 Å². The fourth-order valence-corrected chi connectivity index (χ4v) is 6.04. The van der Waals surface area contributed by atoms with Gasteiger partial charge in [-0.25, -0.2) is 19.3 Å². The molecule has 0 aliphatic carbocycles. The Morgan fingerprint density at radius 3 is 1.78 bits per heavy atom. The number of aromatic nitrogens is 4. The average Bonchev–Trinajstić information content (AvgIpc) is 3.42. The SMILES string of the molecule is Cc1ccc2c3ccccc3n(-c3cc(-c4ccccc4F)ccc3-c3nc(-c4ccccc4)nc(-c4ccccc4)n3)c2c1. The van der Waals surface area contributed by atoms with Crippen molar-refractivity contribution in [3.63, 3.8) is 0 Å². The van der Waals surface area contributed by atoms with Crippen molar-refractivity contribution in [3.05, 3.63) is 157 Å². The Hall–Kier alpha value is -5.94. The molecule has 0 N–H and O–H groups in total. The summed E-state index contributed by atoms with van der Waals surface area (Å²) in [6.45, 7) is 2.10. The first-order chi connectivity index (χ1) is 22.1. The van der Waals surface area contributed by atoms with Crippen molar-refractivity contribution in [2.75, 3.05) is 0 Å². The van der Waals surface area contributed by atoms with Gasteiger partial charge in [-0.15, -0.1) is 0 Å². The number of hydrogen-bond acceptors (Lipinski definition) is 3. The number of rotatable bonds is 5. The van der Waals surface area contributed by atoms with Crippen LogP contribution in [0.3, 0.4) is 0 Å². The van der Waals surface area contributed by atoms with E-state index in [1.54, 1.807) is 6.07 Å². The van der Waals surface area contributed by atoms with Crippen LogP contribution in [0.4, 0.5) is 4.39 Å². The van der Waals surface area contributed by atoms with Crippen LogP contribution >= 0.6 is 0 Å². The Labute approximate surface area is 260 Å². The molecule has 214 valence electrons. The Kier molecular flexibility index (Phi) is 6.50. The van der Waals surface area contributed by atoms with Crippen LogP contribution < -0.4 is 0 Å². The Bertz CT molecular complexity index is 2290. The quantitative estimate of drug-likeness (QED) is 0.203. The maximum atomic E-state index is 15.2. The van der Waals surface area contributed by atoms with E-state index in [1.807, 2.05) is 84.9 Å². The standard InChI is InChI=1S/C40H27FN4/c1-26-20-22-32-31-17-9-11-19-35(31)45(36(32)24-26)37-25-29(30-16-8-10-18-34(30)41)21-23-33(37)40-43-38(27-12-4-2-5-13-27)42-39(44-40)28-14-6-3-7-15-28/h2-25H,1H3. The van der Waals surface area contributed by atoms with E-state index in [-0.39, 0.29) is 5.82 Å². The van der Waals surface area contributed by atoms with E-state index in [2.05, 4.69) is 60.0 Å². The lowest BCUT2D eigenvalue weighted by Gasteiger charge is -2.16. The van der Waals surface area contributed by atoms with Crippen molar-refractivity contribution < 1.29 is 4.39 Å². The first kappa shape index (κ1) is 26.7. The van der Waals surface area contributed by atoms with Crippen molar-refractivity contribution in [3.8, 4) is 51.0 Å². The third-order valence-electron chi connectivity index (χ3n) is 8.19. The molecular weight excluding hydrogens is 555 g/mol. The van der Waals surface area contributed by atoms with Gasteiger partial charge >= 0.3 is 0 Å². The highest BCUT2D eigenvalue weighted by Gasteiger charge is 2.20. The van der Waals surface area contributed by atoms with Gasteiger partial charge in [0.25, 0.3) is 0 Å². The lowest BCUT2D eigenvalue weighted by atomic mass is 10.0. The van der Waals surface area contributed by atoms with E-state index < -0.39 is 0 Å². The van der Waals surface area contributed by atoms with Crippen molar-refractivity contribution >= 4 is 21.8 Å². The van der Waals surface area contributed by atoms with Crippen LogP contribution in [-0.2, 0) is 0 Å². The molecule has 0 aliphatic heterocycles.